The fraction of sp³-hybridized carbons (Fsp3) is 0.909. The summed E-state index contributed by atoms with van der Waals surface area (Å²) in [5, 5.41) is 4.70. The summed E-state index contributed by atoms with van der Waals surface area (Å²) >= 11 is 0. The van der Waals surface area contributed by atoms with Gasteiger partial charge in [0.1, 0.15) is 0 Å². The minimum Gasteiger partial charge on any atom is -0.296 e. The van der Waals surface area contributed by atoms with E-state index in [1.807, 2.05) is 0 Å². The van der Waals surface area contributed by atoms with E-state index in [0.717, 1.165) is 32.2 Å². The number of nitrogens with two attached hydrogens (primary N) is 1. The molecule has 0 radical (unpaired) electrons. The first kappa shape index (κ1) is 10.9. The van der Waals surface area contributed by atoms with Gasteiger partial charge in [0.05, 0.1) is 6.17 Å². The van der Waals surface area contributed by atoms with Crippen LogP contribution in [-0.4, -0.2) is 23.6 Å². The van der Waals surface area contributed by atoms with Crippen molar-refractivity contribution in [3.8, 4) is 0 Å². The largest absolute Gasteiger partial charge is 0.296 e. The van der Waals surface area contributed by atoms with Gasteiger partial charge in [-0.05, 0) is 32.2 Å². The van der Waals surface area contributed by atoms with Crippen molar-refractivity contribution in [3.05, 3.63) is 0 Å². The van der Waals surface area contributed by atoms with Gasteiger partial charge in [-0.3, -0.25) is 15.1 Å². The van der Waals surface area contributed by atoms with Crippen molar-refractivity contribution in [2.75, 3.05) is 6.54 Å². The Bertz CT molecular complexity index is 220. The minimum atomic E-state index is 0.0828. The molecule has 1 unspecified atom stereocenters. The maximum Gasteiger partial charge on any atom is 0.241 e. The Hall–Kier alpha value is -0.610. The zero-order valence-electron chi connectivity index (χ0n) is 9.24. The number of nitrogens with one attached hydrogen (secondary N) is 1. The molecule has 1 aliphatic carbocycles. The van der Waals surface area contributed by atoms with Gasteiger partial charge in [0, 0.05) is 5.92 Å². The molecule has 1 saturated carbocycles. The maximum absolute atomic E-state index is 12.0. The third kappa shape index (κ3) is 2.49. The highest BCUT2D eigenvalue weighted by Gasteiger charge is 2.29. The highest BCUT2D eigenvalue weighted by atomic mass is 16.2. The van der Waals surface area contributed by atoms with E-state index >= 15 is 0 Å². The second-order valence-corrected chi connectivity index (χ2v) is 4.69. The van der Waals surface area contributed by atoms with E-state index in [4.69, 9.17) is 5.84 Å². The molecule has 0 aromatic rings. The van der Waals surface area contributed by atoms with Crippen LogP contribution < -0.4 is 11.2 Å². The van der Waals surface area contributed by atoms with Crippen LogP contribution in [0.3, 0.4) is 0 Å². The van der Waals surface area contributed by atoms with Gasteiger partial charge in [-0.25, -0.2) is 5.84 Å². The normalized spacial score (nSPS) is 27.9. The molecule has 1 heterocycles. The summed E-state index contributed by atoms with van der Waals surface area (Å²) in [5.74, 6) is 6.21. The third-order valence-electron chi connectivity index (χ3n) is 3.58. The molecule has 0 bridgehead atoms. The maximum atomic E-state index is 12.0. The second-order valence-electron chi connectivity index (χ2n) is 4.69. The molecular formula is C11H21N3O. The van der Waals surface area contributed by atoms with Crippen molar-refractivity contribution in [2.45, 2.75) is 51.1 Å². The quantitative estimate of drug-likeness (QED) is 0.406. The SMILES string of the molecule is NN(C(=O)C1CCCCC1)C1CCCN1. The Morgan fingerprint density at radius 1 is 1.13 bits per heavy atom. The molecule has 1 aliphatic heterocycles. The first-order chi connectivity index (χ1) is 7.29. The van der Waals surface area contributed by atoms with Crippen LogP contribution in [-0.2, 0) is 4.79 Å². The zero-order chi connectivity index (χ0) is 10.7. The summed E-state index contributed by atoms with van der Waals surface area (Å²) in [4.78, 5) is 12.0. The lowest BCUT2D eigenvalue weighted by Gasteiger charge is -2.29. The molecule has 3 N–H and O–H groups in total. The van der Waals surface area contributed by atoms with Crippen LogP contribution in [0.4, 0.5) is 0 Å². The van der Waals surface area contributed by atoms with Gasteiger partial charge in [0.15, 0.2) is 0 Å². The topological polar surface area (TPSA) is 58.4 Å². The van der Waals surface area contributed by atoms with E-state index in [1.54, 1.807) is 0 Å². The van der Waals surface area contributed by atoms with Crippen molar-refractivity contribution in [1.82, 2.24) is 10.3 Å². The van der Waals surface area contributed by atoms with Crippen molar-refractivity contribution in [1.29, 1.82) is 0 Å². The van der Waals surface area contributed by atoms with Crippen LogP contribution in [0.5, 0.6) is 0 Å². The van der Waals surface area contributed by atoms with E-state index in [9.17, 15) is 4.79 Å². The molecule has 1 saturated heterocycles. The van der Waals surface area contributed by atoms with Gasteiger partial charge in [-0.1, -0.05) is 19.3 Å². The monoisotopic (exact) mass is 211 g/mol. The Morgan fingerprint density at radius 3 is 2.47 bits per heavy atom. The molecule has 4 heteroatoms. The van der Waals surface area contributed by atoms with Gasteiger partial charge in [0.2, 0.25) is 5.91 Å². The Balaban J connectivity index is 1.87. The van der Waals surface area contributed by atoms with Gasteiger partial charge in [-0.15, -0.1) is 0 Å². The average molecular weight is 211 g/mol. The summed E-state index contributed by atoms with van der Waals surface area (Å²) in [6.45, 7) is 0.982. The van der Waals surface area contributed by atoms with Crippen LogP contribution in [0.15, 0.2) is 0 Å². The molecule has 2 rings (SSSR count). The second kappa shape index (κ2) is 4.94. The number of carbonyl (C=O) groups excluding carboxylic acids is 1. The predicted octanol–water partition coefficient (Wildman–Crippen LogP) is 0.978. The summed E-state index contributed by atoms with van der Waals surface area (Å²) in [6, 6.07) is 0. The van der Waals surface area contributed by atoms with Crippen LogP contribution in [0, 0.1) is 5.92 Å². The lowest BCUT2D eigenvalue weighted by atomic mass is 9.88. The first-order valence-corrected chi connectivity index (χ1v) is 6.10. The number of hydrazine groups is 1. The lowest BCUT2D eigenvalue weighted by Crippen LogP contribution is -2.52. The highest BCUT2D eigenvalue weighted by molar-refractivity contribution is 5.78. The molecule has 0 spiro atoms. The molecule has 1 amide bonds. The fourth-order valence-corrected chi connectivity index (χ4v) is 2.62. The van der Waals surface area contributed by atoms with Crippen molar-refractivity contribution in [2.24, 2.45) is 11.8 Å². The molecule has 1 atom stereocenters. The molecule has 2 aliphatic rings. The number of nitrogens with zero attached hydrogens (tertiary/aromatic N) is 1. The standard InChI is InChI=1S/C11H21N3O/c12-14(10-7-4-8-13-10)11(15)9-5-2-1-3-6-9/h9-10,13H,1-8,12H2. The van der Waals surface area contributed by atoms with Crippen LogP contribution >= 0.6 is 0 Å². The summed E-state index contributed by atoms with van der Waals surface area (Å²) in [5.41, 5.74) is 0. The third-order valence-corrected chi connectivity index (χ3v) is 3.58. The van der Waals surface area contributed by atoms with Gasteiger partial charge in [0.25, 0.3) is 0 Å². The summed E-state index contributed by atoms with van der Waals surface area (Å²) < 4.78 is 0. The molecule has 0 aromatic carbocycles. The van der Waals surface area contributed by atoms with E-state index in [2.05, 4.69) is 5.32 Å². The average Bonchev–Trinajstić information content (AvgIpc) is 2.82. The molecule has 86 valence electrons. The summed E-state index contributed by atoms with van der Waals surface area (Å²) in [6.07, 6.45) is 7.89. The fourth-order valence-electron chi connectivity index (χ4n) is 2.62. The number of amides is 1. The van der Waals surface area contributed by atoms with Gasteiger partial charge < -0.3 is 0 Å². The number of carbonyl (C=O) groups is 1. The number of rotatable bonds is 2. The Labute approximate surface area is 91.2 Å². The smallest absolute Gasteiger partial charge is 0.241 e. The van der Waals surface area contributed by atoms with E-state index in [-0.39, 0.29) is 18.0 Å². The first-order valence-electron chi connectivity index (χ1n) is 6.10. The van der Waals surface area contributed by atoms with Gasteiger partial charge >= 0.3 is 0 Å². The molecule has 15 heavy (non-hydrogen) atoms. The van der Waals surface area contributed by atoms with Crippen molar-refractivity contribution in [3.63, 3.8) is 0 Å². The molecule has 0 aromatic heterocycles. The number of hydrogen-bond acceptors (Lipinski definition) is 3. The molecular weight excluding hydrogens is 190 g/mol. The van der Waals surface area contributed by atoms with E-state index in [1.165, 1.54) is 24.3 Å². The Kier molecular flexibility index (Phi) is 3.59. The Morgan fingerprint density at radius 2 is 1.87 bits per heavy atom. The minimum absolute atomic E-state index is 0.0828. The number of hydrogen-bond donors (Lipinski definition) is 2. The molecule has 2 fully saturated rings. The van der Waals surface area contributed by atoms with Crippen LogP contribution in [0.2, 0.25) is 0 Å². The van der Waals surface area contributed by atoms with Crippen LogP contribution in [0.1, 0.15) is 44.9 Å². The zero-order valence-corrected chi connectivity index (χ0v) is 9.24. The van der Waals surface area contributed by atoms with Crippen LogP contribution in [0.25, 0.3) is 0 Å². The van der Waals surface area contributed by atoms with Crippen molar-refractivity contribution >= 4 is 5.91 Å². The summed E-state index contributed by atoms with van der Waals surface area (Å²) in [7, 11) is 0. The highest BCUT2D eigenvalue weighted by Crippen LogP contribution is 2.25. The van der Waals surface area contributed by atoms with E-state index in [0.29, 0.717) is 0 Å². The van der Waals surface area contributed by atoms with E-state index < -0.39 is 0 Å². The predicted molar refractivity (Wildman–Crippen MR) is 58.6 cm³/mol. The van der Waals surface area contributed by atoms with Crippen molar-refractivity contribution < 1.29 is 4.79 Å². The molecule has 4 nitrogen and oxygen atoms in total. The lowest BCUT2D eigenvalue weighted by molar-refractivity contribution is -0.139. The van der Waals surface area contributed by atoms with Gasteiger partial charge in [-0.2, -0.15) is 0 Å².